The van der Waals surface area contributed by atoms with E-state index in [9.17, 15) is 18.0 Å². The second kappa shape index (κ2) is 8.12. The van der Waals surface area contributed by atoms with Crippen LogP contribution in [0.4, 0.5) is 18.9 Å². The number of hydrogen-bond acceptors (Lipinski definition) is 3. The Morgan fingerprint density at radius 3 is 2.36 bits per heavy atom. The van der Waals surface area contributed by atoms with Crippen molar-refractivity contribution in [3.05, 3.63) is 59.2 Å². The van der Waals surface area contributed by atoms with Crippen LogP contribution in [-0.2, 0) is 11.0 Å². The number of carbonyl (C=O) groups is 1. The fourth-order valence-corrected chi connectivity index (χ4v) is 3.13. The minimum Gasteiger partial charge on any atom is -0.484 e. The molecule has 1 heterocycles. The van der Waals surface area contributed by atoms with Crippen molar-refractivity contribution in [1.82, 2.24) is 4.90 Å². The number of halogens is 3. The van der Waals surface area contributed by atoms with Gasteiger partial charge in [-0.05, 0) is 55.3 Å². The van der Waals surface area contributed by atoms with Crippen LogP contribution >= 0.6 is 0 Å². The number of rotatable bonds is 4. The molecule has 1 saturated heterocycles. The van der Waals surface area contributed by atoms with E-state index in [1.54, 1.807) is 11.0 Å². The van der Waals surface area contributed by atoms with E-state index < -0.39 is 11.7 Å². The van der Waals surface area contributed by atoms with Crippen molar-refractivity contribution in [2.75, 3.05) is 37.7 Å². The van der Waals surface area contributed by atoms with Crippen molar-refractivity contribution in [3.8, 4) is 5.75 Å². The summed E-state index contributed by atoms with van der Waals surface area (Å²) in [5.41, 5.74) is 2.11. The lowest BCUT2D eigenvalue weighted by molar-refractivity contribution is -0.137. The Morgan fingerprint density at radius 2 is 1.71 bits per heavy atom. The first kappa shape index (κ1) is 20.0. The Balaban J connectivity index is 1.53. The number of alkyl halides is 3. The van der Waals surface area contributed by atoms with Gasteiger partial charge in [-0.15, -0.1) is 0 Å². The summed E-state index contributed by atoms with van der Waals surface area (Å²) < 4.78 is 44.3. The van der Waals surface area contributed by atoms with E-state index in [0.717, 1.165) is 23.3 Å². The summed E-state index contributed by atoms with van der Waals surface area (Å²) >= 11 is 0. The molecule has 7 heteroatoms. The van der Waals surface area contributed by atoms with Gasteiger partial charge < -0.3 is 14.5 Å². The number of hydrogen-bond donors (Lipinski definition) is 0. The largest absolute Gasteiger partial charge is 0.484 e. The fourth-order valence-electron chi connectivity index (χ4n) is 3.13. The van der Waals surface area contributed by atoms with Gasteiger partial charge in [0.05, 0.1) is 5.56 Å². The minimum absolute atomic E-state index is 0.0495. The van der Waals surface area contributed by atoms with E-state index >= 15 is 0 Å². The van der Waals surface area contributed by atoms with Gasteiger partial charge in [-0.1, -0.05) is 12.1 Å². The van der Waals surface area contributed by atoms with Crippen LogP contribution in [0.3, 0.4) is 0 Å². The van der Waals surface area contributed by atoms with E-state index in [1.165, 1.54) is 6.07 Å². The van der Waals surface area contributed by atoms with Crippen LogP contribution in [0, 0.1) is 13.8 Å². The molecule has 150 valence electrons. The second-order valence-corrected chi connectivity index (χ2v) is 6.95. The monoisotopic (exact) mass is 392 g/mol. The molecule has 0 saturated carbocycles. The SMILES string of the molecule is Cc1ccc(OCC(=O)N2CCN(c3cccc(C(F)(F)F)c3)CC2)cc1C. The van der Waals surface area contributed by atoms with Crippen LogP contribution in [0.1, 0.15) is 16.7 Å². The molecular weight excluding hydrogens is 369 g/mol. The standard InChI is InChI=1S/C21H23F3N2O2/c1-15-6-7-19(12-16(15)2)28-14-20(27)26-10-8-25(9-11-26)18-5-3-4-17(13-18)21(22,23)24/h3-7,12-13H,8-11,14H2,1-2H3. The van der Waals surface area contributed by atoms with Gasteiger partial charge in [-0.2, -0.15) is 13.2 Å². The predicted octanol–water partition coefficient (Wildman–Crippen LogP) is 4.05. The van der Waals surface area contributed by atoms with Crippen molar-refractivity contribution in [2.45, 2.75) is 20.0 Å². The average molecular weight is 392 g/mol. The summed E-state index contributed by atoms with van der Waals surface area (Å²) in [4.78, 5) is 15.9. The van der Waals surface area contributed by atoms with Crippen molar-refractivity contribution in [1.29, 1.82) is 0 Å². The number of piperazine rings is 1. The van der Waals surface area contributed by atoms with Gasteiger partial charge in [0.2, 0.25) is 0 Å². The fraction of sp³-hybridized carbons (Fsp3) is 0.381. The topological polar surface area (TPSA) is 32.8 Å². The number of amides is 1. The molecule has 0 aliphatic carbocycles. The molecule has 0 radical (unpaired) electrons. The molecule has 4 nitrogen and oxygen atoms in total. The lowest BCUT2D eigenvalue weighted by Gasteiger charge is -2.36. The molecule has 2 aromatic rings. The first-order valence-corrected chi connectivity index (χ1v) is 9.14. The predicted molar refractivity (Wildman–Crippen MR) is 102 cm³/mol. The Labute approximate surface area is 162 Å². The number of ether oxygens (including phenoxy) is 1. The van der Waals surface area contributed by atoms with Gasteiger partial charge in [-0.25, -0.2) is 0 Å². The highest BCUT2D eigenvalue weighted by atomic mass is 19.4. The first-order valence-electron chi connectivity index (χ1n) is 9.14. The highest BCUT2D eigenvalue weighted by Gasteiger charge is 2.31. The molecule has 1 amide bonds. The molecule has 2 aromatic carbocycles. The van der Waals surface area contributed by atoms with E-state index in [-0.39, 0.29) is 12.5 Å². The van der Waals surface area contributed by atoms with Crippen molar-refractivity contribution in [3.63, 3.8) is 0 Å². The highest BCUT2D eigenvalue weighted by Crippen LogP contribution is 2.31. The molecule has 1 fully saturated rings. The summed E-state index contributed by atoms with van der Waals surface area (Å²) in [6.45, 7) is 5.81. The Hall–Kier alpha value is -2.70. The molecule has 0 bridgehead atoms. The molecular formula is C21H23F3N2O2. The maximum Gasteiger partial charge on any atom is 0.416 e. The molecule has 0 spiro atoms. The van der Waals surface area contributed by atoms with Crippen molar-refractivity contribution in [2.24, 2.45) is 0 Å². The van der Waals surface area contributed by atoms with Crippen molar-refractivity contribution < 1.29 is 22.7 Å². The maximum absolute atomic E-state index is 12.9. The van der Waals surface area contributed by atoms with Crippen LogP contribution in [0.5, 0.6) is 5.75 Å². The maximum atomic E-state index is 12.9. The lowest BCUT2D eigenvalue weighted by Crippen LogP contribution is -2.50. The van der Waals surface area contributed by atoms with Gasteiger partial charge in [-0.3, -0.25) is 4.79 Å². The molecule has 0 atom stereocenters. The number of carbonyl (C=O) groups excluding carboxylic acids is 1. The third-order valence-corrected chi connectivity index (χ3v) is 5.01. The minimum atomic E-state index is -4.36. The third kappa shape index (κ3) is 4.77. The smallest absolute Gasteiger partial charge is 0.416 e. The zero-order valence-electron chi connectivity index (χ0n) is 15.9. The lowest BCUT2D eigenvalue weighted by atomic mass is 10.1. The summed E-state index contributed by atoms with van der Waals surface area (Å²) in [7, 11) is 0. The average Bonchev–Trinajstić information content (AvgIpc) is 2.68. The normalized spacial score (nSPS) is 14.9. The summed E-state index contributed by atoms with van der Waals surface area (Å²) in [5.74, 6) is 0.529. The van der Waals surface area contributed by atoms with E-state index in [1.807, 2.05) is 36.9 Å². The number of aryl methyl sites for hydroxylation is 2. The van der Waals surface area contributed by atoms with Gasteiger partial charge >= 0.3 is 6.18 Å². The number of benzene rings is 2. The van der Waals surface area contributed by atoms with E-state index in [0.29, 0.717) is 37.6 Å². The molecule has 0 N–H and O–H groups in total. The second-order valence-electron chi connectivity index (χ2n) is 6.95. The van der Waals surface area contributed by atoms with Gasteiger partial charge in [0.25, 0.3) is 5.91 Å². The molecule has 0 aromatic heterocycles. The van der Waals surface area contributed by atoms with Crippen LogP contribution < -0.4 is 9.64 Å². The number of nitrogens with zero attached hydrogens (tertiary/aromatic N) is 2. The summed E-state index contributed by atoms with van der Waals surface area (Å²) in [6, 6.07) is 11.0. The number of anilines is 1. The highest BCUT2D eigenvalue weighted by molar-refractivity contribution is 5.78. The van der Waals surface area contributed by atoms with Crippen molar-refractivity contribution >= 4 is 11.6 Å². The molecule has 0 unspecified atom stereocenters. The third-order valence-electron chi connectivity index (χ3n) is 5.01. The Kier molecular flexibility index (Phi) is 5.82. The molecule has 28 heavy (non-hydrogen) atoms. The molecule has 1 aliphatic rings. The quantitative estimate of drug-likeness (QED) is 0.787. The van der Waals surface area contributed by atoms with Crippen LogP contribution in [0.2, 0.25) is 0 Å². The Bertz CT molecular complexity index is 844. The first-order chi connectivity index (χ1) is 13.2. The van der Waals surface area contributed by atoms with Gasteiger partial charge in [0.15, 0.2) is 6.61 Å². The summed E-state index contributed by atoms with van der Waals surface area (Å²) in [5, 5.41) is 0. The van der Waals surface area contributed by atoms with E-state index in [4.69, 9.17) is 4.74 Å². The van der Waals surface area contributed by atoms with Crippen LogP contribution in [0.15, 0.2) is 42.5 Å². The van der Waals surface area contributed by atoms with Crippen LogP contribution in [-0.4, -0.2) is 43.6 Å². The van der Waals surface area contributed by atoms with Gasteiger partial charge in [0.1, 0.15) is 5.75 Å². The zero-order valence-corrected chi connectivity index (χ0v) is 15.9. The summed E-state index contributed by atoms with van der Waals surface area (Å²) in [6.07, 6.45) is -4.36. The van der Waals surface area contributed by atoms with E-state index in [2.05, 4.69) is 0 Å². The Morgan fingerprint density at radius 1 is 1.00 bits per heavy atom. The van der Waals surface area contributed by atoms with Crippen LogP contribution in [0.25, 0.3) is 0 Å². The zero-order chi connectivity index (χ0) is 20.3. The van der Waals surface area contributed by atoms with Gasteiger partial charge in [0, 0.05) is 31.9 Å². The molecule has 3 rings (SSSR count). The molecule has 1 aliphatic heterocycles.